The Morgan fingerprint density at radius 1 is 1.42 bits per heavy atom. The average molecular weight is 265 g/mol. The lowest BCUT2D eigenvalue weighted by Gasteiger charge is -2.08. The molecular weight excluding hydrogens is 249 g/mol. The maximum atomic E-state index is 13.2. The molecule has 0 aliphatic heterocycles. The first-order chi connectivity index (χ1) is 8.97. The minimum absolute atomic E-state index is 0.258. The third-order valence-corrected chi connectivity index (χ3v) is 2.69. The summed E-state index contributed by atoms with van der Waals surface area (Å²) >= 11 is 0. The molecule has 0 saturated carbocycles. The molecule has 0 amide bonds. The van der Waals surface area contributed by atoms with Gasteiger partial charge in [-0.25, -0.2) is 4.39 Å². The second-order valence-corrected chi connectivity index (χ2v) is 4.86. The smallest absolute Gasteiger partial charge is 0.243 e. The Balaban J connectivity index is 2.22. The summed E-state index contributed by atoms with van der Waals surface area (Å²) in [5.74, 6) is -0.138. The van der Waals surface area contributed by atoms with Gasteiger partial charge in [0.1, 0.15) is 0 Å². The number of nitrogens with zero attached hydrogens (tertiary/aromatic N) is 2. The lowest BCUT2D eigenvalue weighted by Crippen LogP contribution is -2.13. The number of benzene rings is 1. The predicted octanol–water partition coefficient (Wildman–Crippen LogP) is 2.63. The third-order valence-electron chi connectivity index (χ3n) is 2.69. The van der Waals surface area contributed by atoms with Gasteiger partial charge in [-0.1, -0.05) is 19.0 Å². The van der Waals surface area contributed by atoms with Crippen molar-refractivity contribution in [2.45, 2.75) is 26.3 Å². The van der Waals surface area contributed by atoms with Crippen molar-refractivity contribution >= 4 is 0 Å². The summed E-state index contributed by atoms with van der Waals surface area (Å²) in [6.07, 6.45) is 0.728. The van der Waals surface area contributed by atoms with Gasteiger partial charge in [0.15, 0.2) is 11.6 Å². The molecule has 1 aromatic carbocycles. The lowest BCUT2D eigenvalue weighted by atomic mass is 10.0. The van der Waals surface area contributed by atoms with E-state index in [1.807, 2.05) is 13.8 Å². The van der Waals surface area contributed by atoms with Crippen molar-refractivity contribution in [1.82, 2.24) is 10.1 Å². The average Bonchev–Trinajstić information content (AvgIpc) is 2.81. The van der Waals surface area contributed by atoms with E-state index in [-0.39, 0.29) is 11.9 Å². The molecule has 0 fully saturated rings. The molecule has 0 bridgehead atoms. The van der Waals surface area contributed by atoms with E-state index in [2.05, 4.69) is 10.1 Å². The second-order valence-electron chi connectivity index (χ2n) is 4.86. The van der Waals surface area contributed by atoms with Crippen LogP contribution in [0, 0.1) is 11.7 Å². The molecule has 0 radical (unpaired) electrons. The van der Waals surface area contributed by atoms with Crippen LogP contribution in [-0.4, -0.2) is 15.2 Å². The number of aromatic nitrogens is 2. The van der Waals surface area contributed by atoms with Crippen molar-refractivity contribution in [1.29, 1.82) is 0 Å². The predicted molar refractivity (Wildman–Crippen MR) is 67.7 cm³/mol. The van der Waals surface area contributed by atoms with Gasteiger partial charge in [-0.15, -0.1) is 0 Å². The molecule has 19 heavy (non-hydrogen) atoms. The SMILES string of the molecule is CC(C)C[C@H](N)c1nc(-c2ccc(O)c(F)c2)no1. The second kappa shape index (κ2) is 5.36. The zero-order valence-corrected chi connectivity index (χ0v) is 10.8. The van der Waals surface area contributed by atoms with Crippen LogP contribution < -0.4 is 5.73 Å². The largest absolute Gasteiger partial charge is 0.505 e. The fraction of sp³-hybridized carbons (Fsp3) is 0.385. The Kier molecular flexibility index (Phi) is 3.80. The quantitative estimate of drug-likeness (QED) is 0.887. The first kappa shape index (κ1) is 13.5. The van der Waals surface area contributed by atoms with Crippen LogP contribution in [0.25, 0.3) is 11.4 Å². The topological polar surface area (TPSA) is 85.2 Å². The van der Waals surface area contributed by atoms with Crippen LogP contribution in [0.3, 0.4) is 0 Å². The molecule has 1 heterocycles. The molecule has 2 aromatic rings. The number of rotatable bonds is 4. The molecule has 0 saturated heterocycles. The van der Waals surface area contributed by atoms with E-state index in [1.54, 1.807) is 0 Å². The number of phenolic OH excluding ortho intramolecular Hbond substituents is 1. The lowest BCUT2D eigenvalue weighted by molar-refractivity contribution is 0.335. The molecule has 1 aromatic heterocycles. The Bertz CT molecular complexity index is 569. The zero-order chi connectivity index (χ0) is 14.0. The van der Waals surface area contributed by atoms with Crippen LogP contribution >= 0.6 is 0 Å². The normalized spacial score (nSPS) is 12.9. The van der Waals surface area contributed by atoms with Crippen LogP contribution in [0.4, 0.5) is 4.39 Å². The minimum atomic E-state index is -0.727. The van der Waals surface area contributed by atoms with Gasteiger partial charge in [0.05, 0.1) is 6.04 Å². The number of aromatic hydroxyl groups is 1. The Labute approximate surface area is 110 Å². The summed E-state index contributed by atoms with van der Waals surface area (Å²) in [6, 6.07) is 3.58. The number of phenols is 1. The highest BCUT2D eigenvalue weighted by Gasteiger charge is 2.17. The highest BCUT2D eigenvalue weighted by Crippen LogP contribution is 2.24. The molecule has 1 atom stereocenters. The number of hydrogen-bond acceptors (Lipinski definition) is 5. The third kappa shape index (κ3) is 3.08. The van der Waals surface area contributed by atoms with Crippen LogP contribution in [0.1, 0.15) is 32.2 Å². The van der Waals surface area contributed by atoms with Crippen LogP contribution in [0.2, 0.25) is 0 Å². The first-order valence-corrected chi connectivity index (χ1v) is 6.05. The molecule has 2 rings (SSSR count). The molecule has 102 valence electrons. The summed E-state index contributed by atoms with van der Waals surface area (Å²) in [4.78, 5) is 4.15. The van der Waals surface area contributed by atoms with Crippen molar-refractivity contribution in [3.63, 3.8) is 0 Å². The molecule has 5 nitrogen and oxygen atoms in total. The highest BCUT2D eigenvalue weighted by atomic mass is 19.1. The highest BCUT2D eigenvalue weighted by molar-refractivity contribution is 5.55. The molecule has 0 unspecified atom stereocenters. The van der Waals surface area contributed by atoms with Crippen LogP contribution in [0.15, 0.2) is 22.7 Å². The molecular formula is C13H16FN3O2. The number of halogens is 1. The Morgan fingerprint density at radius 2 is 2.16 bits per heavy atom. The van der Waals surface area contributed by atoms with Gasteiger partial charge in [-0.3, -0.25) is 0 Å². The van der Waals surface area contributed by atoms with Crippen LogP contribution in [-0.2, 0) is 0 Å². The first-order valence-electron chi connectivity index (χ1n) is 6.05. The van der Waals surface area contributed by atoms with E-state index in [9.17, 15) is 4.39 Å². The Hall–Kier alpha value is -1.95. The fourth-order valence-corrected chi connectivity index (χ4v) is 1.76. The monoisotopic (exact) mass is 265 g/mol. The number of nitrogens with two attached hydrogens (primary N) is 1. The van der Waals surface area contributed by atoms with Gasteiger partial charge < -0.3 is 15.4 Å². The zero-order valence-electron chi connectivity index (χ0n) is 10.8. The molecule has 0 aliphatic carbocycles. The van der Waals surface area contributed by atoms with Gasteiger partial charge in [0, 0.05) is 5.56 Å². The molecule has 0 aliphatic rings. The minimum Gasteiger partial charge on any atom is -0.505 e. The van der Waals surface area contributed by atoms with Crippen molar-refractivity contribution in [2.75, 3.05) is 0 Å². The molecule has 0 spiro atoms. The van der Waals surface area contributed by atoms with Crippen molar-refractivity contribution in [3.05, 3.63) is 29.9 Å². The van der Waals surface area contributed by atoms with E-state index < -0.39 is 11.6 Å². The van der Waals surface area contributed by atoms with Crippen molar-refractivity contribution in [2.24, 2.45) is 11.7 Å². The maximum Gasteiger partial charge on any atom is 0.243 e. The Morgan fingerprint density at radius 3 is 2.79 bits per heavy atom. The molecule has 3 N–H and O–H groups in total. The summed E-state index contributed by atoms with van der Waals surface area (Å²) < 4.78 is 18.3. The summed E-state index contributed by atoms with van der Waals surface area (Å²) in [5, 5.41) is 12.9. The van der Waals surface area contributed by atoms with Crippen LogP contribution in [0.5, 0.6) is 5.75 Å². The molecule has 6 heteroatoms. The van der Waals surface area contributed by atoms with Gasteiger partial charge in [0.2, 0.25) is 11.7 Å². The van der Waals surface area contributed by atoms with Gasteiger partial charge in [-0.05, 0) is 30.5 Å². The van der Waals surface area contributed by atoms with Crippen molar-refractivity contribution in [3.8, 4) is 17.1 Å². The van der Waals surface area contributed by atoms with Gasteiger partial charge in [-0.2, -0.15) is 4.98 Å². The standard InChI is InChI=1S/C13H16FN3O2/c1-7(2)5-10(15)13-16-12(17-19-13)8-3-4-11(18)9(14)6-8/h3-4,6-7,10,18H,5,15H2,1-2H3/t10-/m0/s1. The van der Waals surface area contributed by atoms with E-state index in [0.29, 0.717) is 17.4 Å². The van der Waals surface area contributed by atoms with E-state index in [0.717, 1.165) is 12.5 Å². The summed E-state index contributed by atoms with van der Waals surface area (Å²) in [6.45, 7) is 4.10. The summed E-state index contributed by atoms with van der Waals surface area (Å²) in [7, 11) is 0. The van der Waals surface area contributed by atoms with E-state index >= 15 is 0 Å². The number of hydrogen-bond donors (Lipinski definition) is 2. The van der Waals surface area contributed by atoms with Gasteiger partial charge >= 0.3 is 0 Å². The van der Waals surface area contributed by atoms with E-state index in [1.165, 1.54) is 12.1 Å². The maximum absolute atomic E-state index is 13.2. The fourth-order valence-electron chi connectivity index (χ4n) is 1.76. The van der Waals surface area contributed by atoms with Crippen molar-refractivity contribution < 1.29 is 14.0 Å². The van der Waals surface area contributed by atoms with Gasteiger partial charge in [0.25, 0.3) is 0 Å². The van der Waals surface area contributed by atoms with E-state index in [4.69, 9.17) is 15.4 Å². The summed E-state index contributed by atoms with van der Waals surface area (Å²) in [5.41, 5.74) is 6.36.